The standard InChI is InChI=1S/C31H29F3N6O2/c1-39-16-13-20(14-17-39)36-26-19-29-27(18-25(26)38-24-7-5-15-35-30(24)41-2)37-23-6-3-4-8-28(23)40(29)21-9-11-22(12-10-21)42-31(32,33)34/h3-12,15,18-20,38H,13-14,16-17H2,1-2H3/b36-26+. The molecule has 1 aliphatic carbocycles. The van der Waals surface area contributed by atoms with Gasteiger partial charge in [-0.05, 0) is 93.6 Å². The van der Waals surface area contributed by atoms with Gasteiger partial charge in [0.25, 0.3) is 0 Å². The number of hydrogen-bond acceptors (Lipinski definition) is 7. The summed E-state index contributed by atoms with van der Waals surface area (Å²) in [5, 5.41) is 4.20. The van der Waals surface area contributed by atoms with E-state index in [4.69, 9.17) is 14.7 Å². The molecule has 11 heteroatoms. The number of ether oxygens (including phenoxy) is 2. The van der Waals surface area contributed by atoms with Crippen LogP contribution >= 0.6 is 0 Å². The van der Waals surface area contributed by atoms with Gasteiger partial charge in [-0.15, -0.1) is 13.2 Å². The summed E-state index contributed by atoms with van der Waals surface area (Å²) in [4.78, 5) is 16.7. The minimum atomic E-state index is -4.77. The molecule has 2 aromatic carbocycles. The molecule has 0 saturated carbocycles. The largest absolute Gasteiger partial charge is 0.573 e. The lowest BCUT2D eigenvalue weighted by Gasteiger charge is -2.27. The second-order valence-electron chi connectivity index (χ2n) is 10.2. The Labute approximate surface area is 240 Å². The van der Waals surface area contributed by atoms with Gasteiger partial charge in [-0.1, -0.05) is 12.1 Å². The molecule has 1 fully saturated rings. The van der Waals surface area contributed by atoms with E-state index in [1.165, 1.54) is 12.1 Å². The highest BCUT2D eigenvalue weighted by Crippen LogP contribution is 2.33. The van der Waals surface area contributed by atoms with E-state index in [1.54, 1.807) is 25.4 Å². The highest BCUT2D eigenvalue weighted by atomic mass is 19.4. The number of para-hydroxylation sites is 2. The molecule has 3 aromatic rings. The number of alkyl halides is 3. The monoisotopic (exact) mass is 574 g/mol. The first-order valence-corrected chi connectivity index (χ1v) is 13.6. The molecule has 0 atom stereocenters. The van der Waals surface area contributed by atoms with Gasteiger partial charge in [0, 0.05) is 11.9 Å². The predicted molar refractivity (Wildman–Crippen MR) is 155 cm³/mol. The van der Waals surface area contributed by atoms with Crippen LogP contribution in [0.4, 0.5) is 24.5 Å². The Kier molecular flexibility index (Phi) is 7.42. The van der Waals surface area contributed by atoms with Crippen molar-refractivity contribution in [3.63, 3.8) is 0 Å². The summed E-state index contributed by atoms with van der Waals surface area (Å²) in [6.45, 7) is 1.92. The van der Waals surface area contributed by atoms with Gasteiger partial charge < -0.3 is 24.3 Å². The smallest absolute Gasteiger partial charge is 0.480 e. The quantitative estimate of drug-likeness (QED) is 0.245. The molecule has 42 heavy (non-hydrogen) atoms. The molecule has 0 unspecified atom stereocenters. The lowest BCUT2D eigenvalue weighted by Crippen LogP contribution is -2.33. The van der Waals surface area contributed by atoms with E-state index in [2.05, 4.69) is 27.0 Å². The van der Waals surface area contributed by atoms with E-state index >= 15 is 0 Å². The molecule has 1 saturated heterocycles. The molecule has 2 aliphatic heterocycles. The van der Waals surface area contributed by atoms with Crippen molar-refractivity contribution >= 4 is 22.4 Å². The molecular formula is C31H29F3N6O2. The van der Waals surface area contributed by atoms with E-state index in [1.807, 2.05) is 53.1 Å². The maximum absolute atomic E-state index is 12.8. The van der Waals surface area contributed by atoms with E-state index in [0.717, 1.165) is 53.7 Å². The zero-order valence-corrected chi connectivity index (χ0v) is 23.1. The number of likely N-dealkylation sites (tertiary alicyclic amines) is 1. The highest BCUT2D eigenvalue weighted by Gasteiger charge is 2.31. The van der Waals surface area contributed by atoms with Crippen LogP contribution in [0.25, 0.3) is 28.1 Å². The Morgan fingerprint density at radius 2 is 1.71 bits per heavy atom. The fourth-order valence-electron chi connectivity index (χ4n) is 5.24. The van der Waals surface area contributed by atoms with Gasteiger partial charge in [-0.3, -0.25) is 4.99 Å². The Balaban J connectivity index is 1.55. The van der Waals surface area contributed by atoms with Crippen molar-refractivity contribution in [3.8, 4) is 28.7 Å². The number of pyridine rings is 1. The van der Waals surface area contributed by atoms with Gasteiger partial charge in [-0.25, -0.2) is 9.97 Å². The number of nitrogens with zero attached hydrogens (tertiary/aromatic N) is 5. The summed E-state index contributed by atoms with van der Waals surface area (Å²) in [6, 6.07) is 21.2. The number of rotatable bonds is 6. The van der Waals surface area contributed by atoms with Crippen LogP contribution in [0.2, 0.25) is 0 Å². The van der Waals surface area contributed by atoms with Gasteiger partial charge >= 0.3 is 6.36 Å². The Morgan fingerprint density at radius 1 is 0.952 bits per heavy atom. The van der Waals surface area contributed by atoms with Crippen molar-refractivity contribution in [2.24, 2.45) is 4.99 Å². The zero-order chi connectivity index (χ0) is 29.3. The zero-order valence-electron chi connectivity index (χ0n) is 23.1. The van der Waals surface area contributed by atoms with Crippen molar-refractivity contribution in [3.05, 3.63) is 84.4 Å². The molecule has 3 aliphatic rings. The fraction of sp³-hybridized carbons (Fsp3) is 0.258. The number of benzene rings is 3. The SMILES string of the molecule is COc1ncccc1Nc1cc2nc3ccccc3n(-c3ccc(OC(F)(F)F)cc3)c-2c/c1=N\C1CCN(C)CC1. The number of methoxy groups -OCH3 is 1. The topological polar surface area (TPSA) is 76.8 Å². The average Bonchev–Trinajstić information content (AvgIpc) is 2.97. The van der Waals surface area contributed by atoms with Crippen molar-refractivity contribution in [1.29, 1.82) is 0 Å². The molecule has 1 aromatic heterocycles. The second-order valence-corrected chi connectivity index (χ2v) is 10.2. The lowest BCUT2D eigenvalue weighted by atomic mass is 10.1. The molecule has 0 amide bonds. The second kappa shape index (κ2) is 11.3. The summed E-state index contributed by atoms with van der Waals surface area (Å²) >= 11 is 0. The normalized spacial score (nSPS) is 15.3. The Morgan fingerprint density at radius 3 is 2.45 bits per heavy atom. The third kappa shape index (κ3) is 5.87. The first-order valence-electron chi connectivity index (χ1n) is 13.6. The maximum atomic E-state index is 12.8. The minimum absolute atomic E-state index is 0.135. The first kappa shape index (κ1) is 27.5. The third-order valence-corrected chi connectivity index (χ3v) is 7.27. The Bertz CT molecular complexity index is 1750. The van der Waals surface area contributed by atoms with Crippen molar-refractivity contribution in [2.45, 2.75) is 25.2 Å². The summed E-state index contributed by atoms with van der Waals surface area (Å²) in [7, 11) is 3.68. The average molecular weight is 575 g/mol. The van der Waals surface area contributed by atoms with E-state index in [0.29, 0.717) is 22.9 Å². The molecule has 8 nitrogen and oxygen atoms in total. The van der Waals surface area contributed by atoms with Crippen LogP contribution in [-0.2, 0) is 0 Å². The Hall–Kier alpha value is -4.64. The van der Waals surface area contributed by atoms with Gasteiger partial charge in [0.1, 0.15) is 11.4 Å². The molecule has 216 valence electrons. The number of fused-ring (bicyclic) bond motifs is 2. The van der Waals surface area contributed by atoms with E-state index in [-0.39, 0.29) is 11.8 Å². The molecule has 0 bridgehead atoms. The van der Waals surface area contributed by atoms with Crippen LogP contribution in [0.3, 0.4) is 0 Å². The van der Waals surface area contributed by atoms with Crippen LogP contribution in [0.15, 0.2) is 84.0 Å². The number of piperidine rings is 1. The van der Waals surface area contributed by atoms with Crippen LogP contribution < -0.4 is 20.1 Å². The molecule has 0 radical (unpaired) electrons. The number of aromatic nitrogens is 3. The summed E-state index contributed by atoms with van der Waals surface area (Å²) < 4.78 is 50.0. The van der Waals surface area contributed by atoms with Crippen molar-refractivity contribution < 1.29 is 22.6 Å². The molecule has 3 heterocycles. The maximum Gasteiger partial charge on any atom is 0.573 e. The number of anilines is 2. The lowest BCUT2D eigenvalue weighted by molar-refractivity contribution is -0.274. The summed E-state index contributed by atoms with van der Waals surface area (Å²) in [6.07, 6.45) is -1.24. The first-order chi connectivity index (χ1) is 20.3. The summed E-state index contributed by atoms with van der Waals surface area (Å²) in [5.41, 5.74) is 5.06. The molecule has 1 N–H and O–H groups in total. The fourth-order valence-corrected chi connectivity index (χ4v) is 5.24. The van der Waals surface area contributed by atoms with Crippen LogP contribution in [0.1, 0.15) is 12.8 Å². The van der Waals surface area contributed by atoms with Crippen LogP contribution in [-0.4, -0.2) is 59.1 Å². The third-order valence-electron chi connectivity index (χ3n) is 7.27. The van der Waals surface area contributed by atoms with Gasteiger partial charge in [0.05, 0.1) is 46.6 Å². The van der Waals surface area contributed by atoms with Gasteiger partial charge in [-0.2, -0.15) is 0 Å². The summed E-state index contributed by atoms with van der Waals surface area (Å²) in [5.74, 6) is 0.162. The van der Waals surface area contributed by atoms with E-state index in [9.17, 15) is 13.2 Å². The molecular weight excluding hydrogens is 545 g/mol. The van der Waals surface area contributed by atoms with Crippen molar-refractivity contribution in [1.82, 2.24) is 19.4 Å². The van der Waals surface area contributed by atoms with Crippen LogP contribution in [0, 0.1) is 0 Å². The van der Waals surface area contributed by atoms with Gasteiger partial charge in [0.15, 0.2) is 0 Å². The van der Waals surface area contributed by atoms with Gasteiger partial charge in [0.2, 0.25) is 5.88 Å². The highest BCUT2D eigenvalue weighted by molar-refractivity contribution is 5.84. The van der Waals surface area contributed by atoms with Crippen molar-refractivity contribution in [2.75, 3.05) is 32.6 Å². The number of nitrogens with one attached hydrogen (secondary N) is 1. The minimum Gasteiger partial charge on any atom is -0.480 e. The molecule has 6 rings (SSSR count). The predicted octanol–water partition coefficient (Wildman–Crippen LogP) is 6.17. The molecule has 0 spiro atoms. The van der Waals surface area contributed by atoms with Crippen LogP contribution in [0.5, 0.6) is 11.6 Å². The number of hydrogen-bond donors (Lipinski definition) is 1. The number of halogens is 3. The van der Waals surface area contributed by atoms with E-state index < -0.39 is 6.36 Å².